The number of carbonyl (C=O) groups is 1. The molecule has 1 unspecified atom stereocenters. The number of nitrogen functional groups attached to an aromatic ring is 1. The fourth-order valence-electron chi connectivity index (χ4n) is 4.08. The summed E-state index contributed by atoms with van der Waals surface area (Å²) < 4.78 is 16.7. The van der Waals surface area contributed by atoms with Gasteiger partial charge in [-0.2, -0.15) is 0 Å². The predicted molar refractivity (Wildman–Crippen MR) is 102 cm³/mol. The summed E-state index contributed by atoms with van der Waals surface area (Å²) >= 11 is 0. The summed E-state index contributed by atoms with van der Waals surface area (Å²) in [5.74, 6) is -1.64. The third kappa shape index (κ3) is 2.93. The lowest BCUT2D eigenvalue weighted by Gasteiger charge is -2.35. The number of halogens is 1. The molecule has 2 fully saturated rings. The van der Waals surface area contributed by atoms with Crippen LogP contribution in [0.4, 0.5) is 15.8 Å². The normalized spacial score (nSPS) is 20.2. The maximum absolute atomic E-state index is 15.0. The van der Waals surface area contributed by atoms with Gasteiger partial charge in [0.2, 0.25) is 5.43 Å². The van der Waals surface area contributed by atoms with Crippen molar-refractivity contribution in [2.24, 2.45) is 11.7 Å². The van der Waals surface area contributed by atoms with Crippen LogP contribution < -0.4 is 21.8 Å². The van der Waals surface area contributed by atoms with Crippen molar-refractivity contribution < 1.29 is 14.3 Å². The van der Waals surface area contributed by atoms with Crippen molar-refractivity contribution in [1.82, 2.24) is 4.57 Å². The van der Waals surface area contributed by atoms with Crippen LogP contribution in [0, 0.1) is 11.7 Å². The number of nitrogens with two attached hydrogens (primary N) is 2. The summed E-state index contributed by atoms with van der Waals surface area (Å²) in [6.07, 6.45) is 4.99. The topological polar surface area (TPSA) is 115 Å². The van der Waals surface area contributed by atoms with Gasteiger partial charge in [0.15, 0.2) is 0 Å². The fourth-order valence-corrected chi connectivity index (χ4v) is 4.08. The molecule has 0 amide bonds. The van der Waals surface area contributed by atoms with E-state index in [0.717, 1.165) is 31.7 Å². The Bertz CT molecular complexity index is 983. The number of anilines is 2. The predicted octanol–water partition coefficient (Wildman–Crippen LogP) is 1.93. The summed E-state index contributed by atoms with van der Waals surface area (Å²) in [6, 6.07) is 1.23. The first kappa shape index (κ1) is 17.8. The second kappa shape index (κ2) is 6.53. The van der Waals surface area contributed by atoms with Gasteiger partial charge >= 0.3 is 5.97 Å². The molecule has 0 bridgehead atoms. The average Bonchev–Trinajstić information content (AvgIpc) is 3.47. The zero-order valence-electron chi connectivity index (χ0n) is 14.9. The lowest BCUT2D eigenvalue weighted by Crippen LogP contribution is -2.39. The Kier molecular flexibility index (Phi) is 4.30. The summed E-state index contributed by atoms with van der Waals surface area (Å²) in [7, 11) is 0. The molecule has 1 saturated carbocycles. The minimum atomic E-state index is -1.32. The standard InChI is InChI=1S/C19H23FN4O3/c20-14-6-12-16(15(22)17(14)23-5-1-2-10(7-21)8-23)24(11-3-4-11)9-13(18(12)25)19(26)27/h6,9-11H,1-5,7-8,21-22H2,(H,26,27). The van der Waals surface area contributed by atoms with Crippen molar-refractivity contribution in [2.45, 2.75) is 31.7 Å². The third-order valence-electron chi connectivity index (χ3n) is 5.62. The van der Waals surface area contributed by atoms with E-state index in [2.05, 4.69) is 0 Å². The van der Waals surface area contributed by atoms with Crippen molar-refractivity contribution in [3.05, 3.63) is 33.9 Å². The van der Waals surface area contributed by atoms with Crippen molar-refractivity contribution in [2.75, 3.05) is 30.3 Å². The van der Waals surface area contributed by atoms with E-state index < -0.39 is 17.2 Å². The van der Waals surface area contributed by atoms with Crippen LogP contribution in [0.2, 0.25) is 0 Å². The monoisotopic (exact) mass is 374 g/mol. The summed E-state index contributed by atoms with van der Waals surface area (Å²) in [5.41, 5.74) is 12.0. The van der Waals surface area contributed by atoms with Gasteiger partial charge in [-0.05, 0) is 44.2 Å². The highest BCUT2D eigenvalue weighted by atomic mass is 19.1. The van der Waals surface area contributed by atoms with E-state index in [4.69, 9.17) is 11.5 Å². The number of fused-ring (bicyclic) bond motifs is 1. The molecular formula is C19H23FN4O3. The van der Waals surface area contributed by atoms with Crippen LogP contribution in [0.3, 0.4) is 0 Å². The summed E-state index contributed by atoms with van der Waals surface area (Å²) in [6.45, 7) is 1.81. The maximum Gasteiger partial charge on any atom is 0.341 e. The van der Waals surface area contributed by atoms with Crippen LogP contribution >= 0.6 is 0 Å². The number of hydrogen-bond acceptors (Lipinski definition) is 5. The molecule has 1 atom stereocenters. The Labute approximate surface area is 155 Å². The second-order valence-electron chi connectivity index (χ2n) is 7.52. The smallest absolute Gasteiger partial charge is 0.341 e. The highest BCUT2D eigenvalue weighted by molar-refractivity contribution is 6.00. The molecule has 2 heterocycles. The van der Waals surface area contributed by atoms with Crippen LogP contribution in [0.1, 0.15) is 42.1 Å². The van der Waals surface area contributed by atoms with E-state index in [1.54, 1.807) is 4.57 Å². The molecule has 1 aromatic heterocycles. The molecule has 27 heavy (non-hydrogen) atoms. The van der Waals surface area contributed by atoms with Gasteiger partial charge in [-0.1, -0.05) is 0 Å². The fraction of sp³-hybridized carbons (Fsp3) is 0.474. The third-order valence-corrected chi connectivity index (χ3v) is 5.62. The Morgan fingerprint density at radius 1 is 1.33 bits per heavy atom. The van der Waals surface area contributed by atoms with Crippen LogP contribution in [-0.4, -0.2) is 35.3 Å². The van der Waals surface area contributed by atoms with Gasteiger partial charge in [0.25, 0.3) is 0 Å². The number of aromatic nitrogens is 1. The van der Waals surface area contributed by atoms with E-state index >= 15 is 4.39 Å². The molecule has 1 saturated heterocycles. The molecule has 4 rings (SSSR count). The van der Waals surface area contributed by atoms with Crippen LogP contribution in [0.15, 0.2) is 17.1 Å². The minimum absolute atomic E-state index is 0.0212. The first-order chi connectivity index (χ1) is 12.9. The SMILES string of the molecule is NCC1CCCN(c2c(F)cc3c(=O)c(C(=O)O)cn(C4CC4)c3c2N)C1. The van der Waals surface area contributed by atoms with E-state index in [-0.39, 0.29) is 34.3 Å². The second-order valence-corrected chi connectivity index (χ2v) is 7.52. The van der Waals surface area contributed by atoms with Crippen LogP contribution in [-0.2, 0) is 0 Å². The number of carboxylic acid groups (broad SMARTS) is 1. The molecule has 1 aromatic carbocycles. The molecule has 1 aliphatic carbocycles. The largest absolute Gasteiger partial charge is 0.477 e. The van der Waals surface area contributed by atoms with Gasteiger partial charge in [-0.3, -0.25) is 4.79 Å². The molecule has 2 aliphatic rings. The Balaban J connectivity index is 1.95. The number of piperidine rings is 1. The van der Waals surface area contributed by atoms with Gasteiger partial charge in [0.1, 0.15) is 11.4 Å². The quantitative estimate of drug-likeness (QED) is 0.705. The summed E-state index contributed by atoms with van der Waals surface area (Å²) in [4.78, 5) is 26.0. The molecule has 5 N–H and O–H groups in total. The molecule has 7 nitrogen and oxygen atoms in total. The Morgan fingerprint density at radius 2 is 2.07 bits per heavy atom. The molecule has 0 spiro atoms. The Morgan fingerprint density at radius 3 is 2.70 bits per heavy atom. The Hall–Kier alpha value is -2.61. The highest BCUT2D eigenvalue weighted by Crippen LogP contribution is 2.41. The number of aromatic carboxylic acids is 1. The van der Waals surface area contributed by atoms with Crippen molar-refractivity contribution in [3.63, 3.8) is 0 Å². The maximum atomic E-state index is 15.0. The van der Waals surface area contributed by atoms with Gasteiger partial charge in [-0.15, -0.1) is 0 Å². The van der Waals surface area contributed by atoms with E-state index in [0.29, 0.717) is 25.2 Å². The number of carboxylic acids is 1. The zero-order chi connectivity index (χ0) is 19.3. The number of hydrogen-bond donors (Lipinski definition) is 3. The first-order valence-electron chi connectivity index (χ1n) is 9.27. The lowest BCUT2D eigenvalue weighted by molar-refractivity contribution is 0.0695. The number of benzene rings is 1. The van der Waals surface area contributed by atoms with Gasteiger partial charge < -0.3 is 26.0 Å². The van der Waals surface area contributed by atoms with E-state index in [9.17, 15) is 14.7 Å². The van der Waals surface area contributed by atoms with Crippen molar-refractivity contribution in [1.29, 1.82) is 0 Å². The molecule has 0 radical (unpaired) electrons. The van der Waals surface area contributed by atoms with Crippen molar-refractivity contribution >= 4 is 28.2 Å². The average molecular weight is 374 g/mol. The molecule has 8 heteroatoms. The van der Waals surface area contributed by atoms with Crippen LogP contribution in [0.5, 0.6) is 0 Å². The number of pyridine rings is 1. The first-order valence-corrected chi connectivity index (χ1v) is 9.27. The summed E-state index contributed by atoms with van der Waals surface area (Å²) in [5, 5.41) is 9.37. The van der Waals surface area contributed by atoms with Gasteiger partial charge in [0.05, 0.1) is 22.3 Å². The molecule has 2 aromatic rings. The molecule has 144 valence electrons. The van der Waals surface area contributed by atoms with Crippen molar-refractivity contribution in [3.8, 4) is 0 Å². The van der Waals surface area contributed by atoms with E-state index in [1.165, 1.54) is 6.20 Å². The van der Waals surface area contributed by atoms with Gasteiger partial charge in [-0.25, -0.2) is 9.18 Å². The minimum Gasteiger partial charge on any atom is -0.477 e. The lowest BCUT2D eigenvalue weighted by atomic mass is 9.97. The highest BCUT2D eigenvalue weighted by Gasteiger charge is 2.31. The molecule has 1 aliphatic heterocycles. The molecular weight excluding hydrogens is 351 g/mol. The number of rotatable bonds is 4. The number of nitrogens with zero attached hydrogens (tertiary/aromatic N) is 2. The van der Waals surface area contributed by atoms with E-state index in [1.807, 2.05) is 4.90 Å². The van der Waals surface area contributed by atoms with Gasteiger partial charge in [0, 0.05) is 25.3 Å². The zero-order valence-corrected chi connectivity index (χ0v) is 14.9. The van der Waals surface area contributed by atoms with Crippen LogP contribution in [0.25, 0.3) is 10.9 Å².